The van der Waals surface area contributed by atoms with Crippen LogP contribution in [0.4, 0.5) is 0 Å². The second kappa shape index (κ2) is 8.68. The second-order valence-corrected chi connectivity index (χ2v) is 7.26. The highest BCUT2D eigenvalue weighted by atomic mass is 32.2. The molecular formula is C18H22N2O5S. The first kappa shape index (κ1) is 19.7. The molecule has 2 rings (SSSR count). The smallest absolute Gasteiger partial charge is 0.241 e. The van der Waals surface area contributed by atoms with Crippen molar-refractivity contribution in [3.63, 3.8) is 0 Å². The Morgan fingerprint density at radius 3 is 2.31 bits per heavy atom. The monoisotopic (exact) mass is 378 g/mol. The predicted octanol–water partition coefficient (Wildman–Crippen LogP) is 1.69. The maximum atomic E-state index is 12.4. The molecule has 140 valence electrons. The fourth-order valence-electron chi connectivity index (χ4n) is 2.29. The van der Waals surface area contributed by atoms with E-state index in [1.807, 2.05) is 18.2 Å². The summed E-state index contributed by atoms with van der Waals surface area (Å²) in [7, 11) is -0.773. The molecule has 0 saturated heterocycles. The van der Waals surface area contributed by atoms with E-state index < -0.39 is 22.0 Å². The number of para-hydroxylation sites is 1. The van der Waals surface area contributed by atoms with Crippen LogP contribution < -0.4 is 19.5 Å². The third-order valence-corrected chi connectivity index (χ3v) is 5.30. The van der Waals surface area contributed by atoms with Crippen LogP contribution in [0.25, 0.3) is 0 Å². The van der Waals surface area contributed by atoms with E-state index in [1.54, 1.807) is 25.3 Å². The Hall–Kier alpha value is -2.58. The number of ether oxygens (including phenoxy) is 2. The number of carbonyl (C=O) groups excluding carboxylic acids is 1. The molecule has 2 aromatic carbocycles. The molecule has 0 bridgehead atoms. The molecule has 1 amide bonds. The molecule has 7 nitrogen and oxygen atoms in total. The largest absolute Gasteiger partial charge is 0.497 e. The third kappa shape index (κ3) is 4.96. The van der Waals surface area contributed by atoms with E-state index in [1.165, 1.54) is 26.2 Å². The molecule has 0 fully saturated rings. The van der Waals surface area contributed by atoms with Crippen LogP contribution >= 0.6 is 0 Å². The molecule has 0 heterocycles. The Morgan fingerprint density at radius 1 is 1.04 bits per heavy atom. The van der Waals surface area contributed by atoms with Crippen LogP contribution in [0, 0.1) is 0 Å². The van der Waals surface area contributed by atoms with Gasteiger partial charge in [-0.25, -0.2) is 8.42 Å². The van der Waals surface area contributed by atoms with Crippen LogP contribution in [0.1, 0.15) is 12.5 Å². The van der Waals surface area contributed by atoms with Crippen molar-refractivity contribution in [2.45, 2.75) is 24.4 Å². The highest BCUT2D eigenvalue weighted by Crippen LogP contribution is 2.17. The van der Waals surface area contributed by atoms with Gasteiger partial charge in [-0.2, -0.15) is 4.72 Å². The van der Waals surface area contributed by atoms with Crippen molar-refractivity contribution in [1.82, 2.24) is 10.0 Å². The van der Waals surface area contributed by atoms with E-state index in [4.69, 9.17) is 9.47 Å². The van der Waals surface area contributed by atoms with Crippen LogP contribution in [-0.2, 0) is 21.4 Å². The van der Waals surface area contributed by atoms with Gasteiger partial charge in [0.2, 0.25) is 15.9 Å². The lowest BCUT2D eigenvalue weighted by Gasteiger charge is -2.15. The number of carbonyl (C=O) groups is 1. The molecule has 0 aliphatic rings. The zero-order valence-electron chi connectivity index (χ0n) is 14.9. The van der Waals surface area contributed by atoms with E-state index in [2.05, 4.69) is 10.0 Å². The van der Waals surface area contributed by atoms with Crippen LogP contribution in [-0.4, -0.2) is 34.6 Å². The van der Waals surface area contributed by atoms with Gasteiger partial charge in [0.05, 0.1) is 25.2 Å². The molecule has 2 N–H and O–H groups in total. The minimum absolute atomic E-state index is 0.0580. The van der Waals surface area contributed by atoms with Gasteiger partial charge in [0, 0.05) is 12.1 Å². The van der Waals surface area contributed by atoms with Gasteiger partial charge in [0.25, 0.3) is 0 Å². The molecule has 0 saturated carbocycles. The predicted molar refractivity (Wildman–Crippen MR) is 97.6 cm³/mol. The summed E-state index contributed by atoms with van der Waals surface area (Å²) in [6.07, 6.45) is 0. The topological polar surface area (TPSA) is 93.7 Å². The molecule has 26 heavy (non-hydrogen) atoms. The van der Waals surface area contributed by atoms with E-state index in [9.17, 15) is 13.2 Å². The molecule has 0 spiro atoms. The first-order chi connectivity index (χ1) is 12.4. The van der Waals surface area contributed by atoms with Gasteiger partial charge in [0.15, 0.2) is 0 Å². The Labute approximate surface area is 153 Å². The number of sulfonamides is 1. The fourth-order valence-corrected chi connectivity index (χ4v) is 3.50. The number of amides is 1. The maximum absolute atomic E-state index is 12.4. The second-order valence-electron chi connectivity index (χ2n) is 5.55. The van der Waals surface area contributed by atoms with Crippen LogP contribution in [0.15, 0.2) is 53.4 Å². The first-order valence-electron chi connectivity index (χ1n) is 7.93. The van der Waals surface area contributed by atoms with E-state index >= 15 is 0 Å². The number of hydrogen-bond donors (Lipinski definition) is 2. The van der Waals surface area contributed by atoms with Gasteiger partial charge >= 0.3 is 0 Å². The van der Waals surface area contributed by atoms with Crippen LogP contribution in [0.3, 0.4) is 0 Å². The summed E-state index contributed by atoms with van der Waals surface area (Å²) in [5, 5.41) is 2.70. The van der Waals surface area contributed by atoms with Crippen LogP contribution in [0.2, 0.25) is 0 Å². The summed E-state index contributed by atoms with van der Waals surface area (Å²) in [4.78, 5) is 12.3. The molecule has 0 aliphatic heterocycles. The lowest BCUT2D eigenvalue weighted by atomic mass is 10.2. The first-order valence-corrected chi connectivity index (χ1v) is 9.41. The van der Waals surface area contributed by atoms with Crippen LogP contribution in [0.5, 0.6) is 11.5 Å². The normalized spacial score (nSPS) is 12.3. The van der Waals surface area contributed by atoms with Crippen molar-refractivity contribution >= 4 is 15.9 Å². The number of methoxy groups -OCH3 is 2. The fraction of sp³-hybridized carbons (Fsp3) is 0.278. The number of benzene rings is 2. The van der Waals surface area contributed by atoms with Gasteiger partial charge in [-0.05, 0) is 37.3 Å². The Kier molecular flexibility index (Phi) is 6.59. The summed E-state index contributed by atoms with van der Waals surface area (Å²) < 4.78 is 37.3. The van der Waals surface area contributed by atoms with E-state index in [-0.39, 0.29) is 11.4 Å². The Morgan fingerprint density at radius 2 is 1.69 bits per heavy atom. The van der Waals surface area contributed by atoms with Crippen molar-refractivity contribution in [2.24, 2.45) is 0 Å². The van der Waals surface area contributed by atoms with E-state index in [0.717, 1.165) is 5.56 Å². The van der Waals surface area contributed by atoms with Gasteiger partial charge in [-0.15, -0.1) is 0 Å². The summed E-state index contributed by atoms with van der Waals surface area (Å²) >= 11 is 0. The zero-order chi connectivity index (χ0) is 19.2. The molecule has 2 aromatic rings. The molecule has 0 radical (unpaired) electrons. The SMILES string of the molecule is COc1ccc(S(=O)(=O)N[C@@H](C)C(=O)NCc2ccccc2OC)cc1. The molecule has 0 aliphatic carbocycles. The van der Waals surface area contributed by atoms with Crippen molar-refractivity contribution in [1.29, 1.82) is 0 Å². The van der Waals surface area contributed by atoms with Gasteiger partial charge in [0.1, 0.15) is 11.5 Å². The standard InChI is InChI=1S/C18H22N2O5S/c1-13(18(21)19-12-14-6-4-5-7-17(14)25-3)20-26(22,23)16-10-8-15(24-2)9-11-16/h4-11,13,20H,12H2,1-3H3,(H,19,21)/t13-/m0/s1. The van der Waals surface area contributed by atoms with Gasteiger partial charge in [-0.1, -0.05) is 18.2 Å². The highest BCUT2D eigenvalue weighted by Gasteiger charge is 2.22. The number of hydrogen-bond acceptors (Lipinski definition) is 5. The number of nitrogens with one attached hydrogen (secondary N) is 2. The van der Waals surface area contributed by atoms with Gasteiger partial charge < -0.3 is 14.8 Å². The minimum Gasteiger partial charge on any atom is -0.497 e. The summed E-state index contributed by atoms with van der Waals surface area (Å²) in [5.41, 5.74) is 0.800. The van der Waals surface area contributed by atoms with E-state index in [0.29, 0.717) is 11.5 Å². The third-order valence-electron chi connectivity index (χ3n) is 3.74. The Bertz CT molecular complexity index is 850. The lowest BCUT2D eigenvalue weighted by Crippen LogP contribution is -2.44. The van der Waals surface area contributed by atoms with Crippen molar-refractivity contribution in [3.8, 4) is 11.5 Å². The zero-order valence-corrected chi connectivity index (χ0v) is 15.7. The Balaban J connectivity index is 1.99. The number of rotatable bonds is 8. The van der Waals surface area contributed by atoms with Crippen molar-refractivity contribution in [2.75, 3.05) is 14.2 Å². The molecule has 0 unspecified atom stereocenters. The van der Waals surface area contributed by atoms with Crippen molar-refractivity contribution in [3.05, 3.63) is 54.1 Å². The molecule has 8 heteroatoms. The minimum atomic E-state index is -3.82. The molecule has 1 atom stereocenters. The average Bonchev–Trinajstić information content (AvgIpc) is 2.65. The maximum Gasteiger partial charge on any atom is 0.241 e. The quantitative estimate of drug-likeness (QED) is 0.729. The summed E-state index contributed by atoms with van der Waals surface area (Å²) in [6.45, 7) is 1.72. The lowest BCUT2D eigenvalue weighted by molar-refractivity contribution is -0.122. The molecule has 0 aromatic heterocycles. The average molecular weight is 378 g/mol. The van der Waals surface area contributed by atoms with Crippen molar-refractivity contribution < 1.29 is 22.7 Å². The molecular weight excluding hydrogens is 356 g/mol. The van der Waals surface area contributed by atoms with Gasteiger partial charge in [-0.3, -0.25) is 4.79 Å². The highest BCUT2D eigenvalue weighted by molar-refractivity contribution is 7.89. The summed E-state index contributed by atoms with van der Waals surface area (Å²) in [5.74, 6) is 0.763. The summed E-state index contributed by atoms with van der Waals surface area (Å²) in [6, 6.07) is 12.3.